The van der Waals surface area contributed by atoms with Crippen LogP contribution in [0.5, 0.6) is 0 Å². The van der Waals surface area contributed by atoms with E-state index in [-0.39, 0.29) is 5.69 Å². The third-order valence-electron chi connectivity index (χ3n) is 2.30. The van der Waals surface area contributed by atoms with E-state index in [1.165, 1.54) is 26.0 Å². The van der Waals surface area contributed by atoms with E-state index in [0.717, 1.165) is 0 Å². The van der Waals surface area contributed by atoms with Crippen LogP contribution in [0, 0.1) is 0 Å². The molecule has 0 saturated heterocycles. The summed E-state index contributed by atoms with van der Waals surface area (Å²) >= 11 is 0. The first-order valence-electron chi connectivity index (χ1n) is 5.12. The fraction of sp³-hybridized carbons (Fsp3) is 0.364. The van der Waals surface area contributed by atoms with Crippen LogP contribution >= 0.6 is 0 Å². The molecule has 0 saturated carbocycles. The molecule has 0 heterocycles. The fourth-order valence-electron chi connectivity index (χ4n) is 1.35. The number of aliphatic hydroxyl groups excluding tert-OH is 1. The second kappa shape index (κ2) is 5.29. The minimum Gasteiger partial charge on any atom is -0.395 e. The largest absolute Gasteiger partial charge is 0.395 e. The minimum absolute atomic E-state index is 0.278. The lowest BCUT2D eigenvalue weighted by molar-refractivity contribution is -0.115. The molecule has 0 aliphatic rings. The zero-order valence-corrected chi connectivity index (χ0v) is 10.5. The van der Waals surface area contributed by atoms with Crippen molar-refractivity contribution >= 4 is 21.6 Å². The van der Waals surface area contributed by atoms with Gasteiger partial charge in [0, 0.05) is 6.92 Å². The van der Waals surface area contributed by atoms with E-state index in [9.17, 15) is 13.2 Å². The van der Waals surface area contributed by atoms with Gasteiger partial charge in [-0.05, 0) is 19.1 Å². The third-order valence-corrected chi connectivity index (χ3v) is 4.44. The van der Waals surface area contributed by atoms with Gasteiger partial charge in [0.15, 0.2) is 0 Å². The molecule has 17 heavy (non-hydrogen) atoms. The number of hydrogen-bond donors (Lipinski definition) is 1. The molecule has 94 valence electrons. The highest BCUT2D eigenvalue weighted by atomic mass is 32.2. The van der Waals surface area contributed by atoms with Crippen LogP contribution in [-0.4, -0.2) is 31.3 Å². The average Bonchev–Trinajstić information content (AvgIpc) is 2.28. The van der Waals surface area contributed by atoms with Crippen LogP contribution in [0.4, 0.5) is 5.69 Å². The zero-order valence-electron chi connectivity index (χ0n) is 9.70. The molecule has 1 N–H and O–H groups in total. The fourth-order valence-corrected chi connectivity index (χ4v) is 2.67. The monoisotopic (exact) mass is 257 g/mol. The zero-order chi connectivity index (χ0) is 13.1. The van der Waals surface area contributed by atoms with Crippen molar-refractivity contribution in [1.29, 1.82) is 0 Å². The first-order valence-corrected chi connectivity index (χ1v) is 6.62. The molecule has 1 unspecified atom stereocenters. The predicted octanol–water partition coefficient (Wildman–Crippen LogP) is 0.750. The number of hydrogen-bond acceptors (Lipinski definition) is 4. The van der Waals surface area contributed by atoms with Gasteiger partial charge < -0.3 is 5.11 Å². The van der Waals surface area contributed by atoms with Gasteiger partial charge >= 0.3 is 0 Å². The van der Waals surface area contributed by atoms with Crippen molar-refractivity contribution in [3.05, 3.63) is 30.3 Å². The molecular formula is C11H15NO4S. The first-order chi connectivity index (χ1) is 7.91. The van der Waals surface area contributed by atoms with Crippen molar-refractivity contribution in [3.8, 4) is 0 Å². The SMILES string of the molecule is CC(=O)N(c1ccccc1)S(=O)(=O)C(C)CO. The molecule has 0 fully saturated rings. The number of anilines is 1. The number of sulfonamides is 1. The Hall–Kier alpha value is -1.40. The smallest absolute Gasteiger partial charge is 0.246 e. The van der Waals surface area contributed by atoms with Gasteiger partial charge in [-0.3, -0.25) is 4.79 Å². The lowest BCUT2D eigenvalue weighted by Crippen LogP contribution is -2.42. The Morgan fingerprint density at radius 2 is 1.88 bits per heavy atom. The lowest BCUT2D eigenvalue weighted by Gasteiger charge is -2.23. The molecule has 0 bridgehead atoms. The number of amides is 1. The van der Waals surface area contributed by atoms with E-state index in [2.05, 4.69) is 0 Å². The van der Waals surface area contributed by atoms with Crippen LogP contribution in [0.1, 0.15) is 13.8 Å². The average molecular weight is 257 g/mol. The van der Waals surface area contributed by atoms with Gasteiger partial charge in [-0.1, -0.05) is 18.2 Å². The summed E-state index contributed by atoms with van der Waals surface area (Å²) < 4.78 is 24.8. The van der Waals surface area contributed by atoms with Gasteiger partial charge in [-0.2, -0.15) is 0 Å². The normalized spacial score (nSPS) is 13.1. The van der Waals surface area contributed by atoms with E-state index in [0.29, 0.717) is 4.31 Å². The maximum atomic E-state index is 12.0. The summed E-state index contributed by atoms with van der Waals surface area (Å²) in [5.41, 5.74) is 0.278. The highest BCUT2D eigenvalue weighted by molar-refractivity contribution is 7.94. The quantitative estimate of drug-likeness (QED) is 0.863. The summed E-state index contributed by atoms with van der Waals surface area (Å²) in [6.07, 6.45) is 0. The van der Waals surface area contributed by atoms with Gasteiger partial charge in [-0.25, -0.2) is 12.7 Å². The molecule has 1 rings (SSSR count). The molecule has 0 aromatic heterocycles. The predicted molar refractivity (Wildman–Crippen MR) is 65.1 cm³/mol. The van der Waals surface area contributed by atoms with Crippen LogP contribution in [0.25, 0.3) is 0 Å². The Morgan fingerprint density at radius 1 is 1.35 bits per heavy atom. The topological polar surface area (TPSA) is 74.7 Å². The number of carbonyl (C=O) groups excluding carboxylic acids is 1. The van der Waals surface area contributed by atoms with Crippen molar-refractivity contribution < 1.29 is 18.3 Å². The summed E-state index contributed by atoms with van der Waals surface area (Å²) in [7, 11) is -3.87. The number of aliphatic hydroxyl groups is 1. The molecule has 0 radical (unpaired) electrons. The van der Waals surface area contributed by atoms with E-state index < -0.39 is 27.8 Å². The number of nitrogens with zero attached hydrogens (tertiary/aromatic N) is 1. The molecule has 1 amide bonds. The van der Waals surface area contributed by atoms with Crippen LogP contribution in [0.3, 0.4) is 0 Å². The second-order valence-electron chi connectivity index (χ2n) is 3.66. The van der Waals surface area contributed by atoms with Crippen LogP contribution < -0.4 is 4.31 Å². The number of para-hydroxylation sites is 1. The minimum atomic E-state index is -3.87. The van der Waals surface area contributed by atoms with Crippen molar-refractivity contribution in [2.45, 2.75) is 19.1 Å². The Labute approximate surface area is 101 Å². The summed E-state index contributed by atoms with van der Waals surface area (Å²) in [6.45, 7) is 2.00. The number of rotatable bonds is 4. The maximum Gasteiger partial charge on any atom is 0.246 e. The summed E-state index contributed by atoms with van der Waals surface area (Å²) in [6, 6.07) is 8.07. The molecular weight excluding hydrogens is 242 g/mol. The van der Waals surface area contributed by atoms with Crippen LogP contribution in [0.15, 0.2) is 30.3 Å². The molecule has 1 aromatic rings. The molecule has 0 aliphatic carbocycles. The van der Waals surface area contributed by atoms with Gasteiger partial charge in [0.2, 0.25) is 15.9 Å². The molecule has 0 aliphatic heterocycles. The molecule has 5 nitrogen and oxygen atoms in total. The first kappa shape index (κ1) is 13.7. The second-order valence-corrected chi connectivity index (χ2v) is 5.86. The lowest BCUT2D eigenvalue weighted by atomic mass is 10.3. The van der Waals surface area contributed by atoms with Crippen molar-refractivity contribution in [2.75, 3.05) is 10.9 Å². The van der Waals surface area contributed by atoms with Gasteiger partial charge in [-0.15, -0.1) is 0 Å². The Bertz CT molecular complexity index is 483. The maximum absolute atomic E-state index is 12.0. The van der Waals surface area contributed by atoms with Crippen LogP contribution in [-0.2, 0) is 14.8 Å². The van der Waals surface area contributed by atoms with Crippen molar-refractivity contribution in [3.63, 3.8) is 0 Å². The van der Waals surface area contributed by atoms with Crippen molar-refractivity contribution in [1.82, 2.24) is 0 Å². The molecule has 1 atom stereocenters. The number of benzene rings is 1. The Kier molecular flexibility index (Phi) is 4.25. The third kappa shape index (κ3) is 2.83. The standard InChI is InChI=1S/C11H15NO4S/c1-9(8-13)17(15,16)12(10(2)14)11-6-4-3-5-7-11/h3-7,9,13H,8H2,1-2H3. The number of carbonyl (C=O) groups is 1. The molecule has 6 heteroatoms. The summed E-state index contributed by atoms with van der Waals surface area (Å²) in [5, 5.41) is 7.91. The Morgan fingerprint density at radius 3 is 2.29 bits per heavy atom. The van der Waals surface area contributed by atoms with E-state index in [1.54, 1.807) is 18.2 Å². The van der Waals surface area contributed by atoms with Crippen molar-refractivity contribution in [2.24, 2.45) is 0 Å². The van der Waals surface area contributed by atoms with Gasteiger partial charge in [0.05, 0.1) is 12.3 Å². The molecule has 0 spiro atoms. The highest BCUT2D eigenvalue weighted by Gasteiger charge is 2.31. The van der Waals surface area contributed by atoms with Gasteiger partial charge in [0.1, 0.15) is 5.25 Å². The van der Waals surface area contributed by atoms with Crippen LogP contribution in [0.2, 0.25) is 0 Å². The van der Waals surface area contributed by atoms with E-state index in [4.69, 9.17) is 5.11 Å². The summed E-state index contributed by atoms with van der Waals surface area (Å²) in [4.78, 5) is 11.5. The van der Waals surface area contributed by atoms with Gasteiger partial charge in [0.25, 0.3) is 0 Å². The Balaban J connectivity index is 3.25. The molecule has 1 aromatic carbocycles. The highest BCUT2D eigenvalue weighted by Crippen LogP contribution is 2.20. The summed E-state index contributed by atoms with van der Waals surface area (Å²) in [5.74, 6) is -0.600. The van der Waals surface area contributed by atoms with E-state index >= 15 is 0 Å². The van der Waals surface area contributed by atoms with E-state index in [1.807, 2.05) is 0 Å².